The van der Waals surface area contributed by atoms with Gasteiger partial charge in [0, 0.05) is 20.3 Å². The second-order valence-electron chi connectivity index (χ2n) is 3.65. The Morgan fingerprint density at radius 3 is 3.07 bits per heavy atom. The standard InChI is InChI=1S/C10H18ClNO3/c1-14-7-8(11)6-12-10(13)9-4-2-3-5-15-9/h8-9H,2-7H2,1H3,(H,12,13). The summed E-state index contributed by atoms with van der Waals surface area (Å²) in [6.45, 7) is 1.54. The van der Waals surface area contributed by atoms with Gasteiger partial charge < -0.3 is 14.8 Å². The lowest BCUT2D eigenvalue weighted by atomic mass is 10.1. The maximum absolute atomic E-state index is 11.6. The number of nitrogens with one attached hydrogen (secondary N) is 1. The van der Waals surface area contributed by atoms with Crippen LogP contribution in [-0.4, -0.2) is 44.3 Å². The van der Waals surface area contributed by atoms with Gasteiger partial charge in [-0.1, -0.05) is 0 Å². The molecule has 0 aliphatic carbocycles. The molecule has 1 heterocycles. The van der Waals surface area contributed by atoms with Gasteiger partial charge in [0.25, 0.3) is 0 Å². The smallest absolute Gasteiger partial charge is 0.249 e. The maximum Gasteiger partial charge on any atom is 0.249 e. The number of hydrogen-bond donors (Lipinski definition) is 1. The van der Waals surface area contributed by atoms with Crippen molar-refractivity contribution in [3.8, 4) is 0 Å². The van der Waals surface area contributed by atoms with Crippen molar-refractivity contribution in [2.75, 3.05) is 26.9 Å². The molecule has 1 rings (SSSR count). The van der Waals surface area contributed by atoms with Crippen molar-refractivity contribution in [3.63, 3.8) is 0 Å². The van der Waals surface area contributed by atoms with E-state index in [9.17, 15) is 4.79 Å². The number of halogens is 1. The molecule has 1 aliphatic heterocycles. The zero-order valence-electron chi connectivity index (χ0n) is 9.00. The summed E-state index contributed by atoms with van der Waals surface area (Å²) in [5.74, 6) is -0.0588. The second-order valence-corrected chi connectivity index (χ2v) is 4.27. The average Bonchev–Trinajstić information content (AvgIpc) is 2.27. The van der Waals surface area contributed by atoms with Crippen molar-refractivity contribution < 1.29 is 14.3 Å². The average molecular weight is 236 g/mol. The van der Waals surface area contributed by atoms with E-state index in [1.165, 1.54) is 0 Å². The largest absolute Gasteiger partial charge is 0.383 e. The first-order chi connectivity index (χ1) is 7.24. The highest BCUT2D eigenvalue weighted by Crippen LogP contribution is 2.12. The predicted octanol–water partition coefficient (Wildman–Crippen LogP) is 0.925. The van der Waals surface area contributed by atoms with Gasteiger partial charge in [0.2, 0.25) is 5.91 Å². The lowest BCUT2D eigenvalue weighted by Crippen LogP contribution is -2.41. The molecule has 15 heavy (non-hydrogen) atoms. The van der Waals surface area contributed by atoms with Crippen molar-refractivity contribution in [1.29, 1.82) is 0 Å². The summed E-state index contributed by atoms with van der Waals surface area (Å²) in [5.41, 5.74) is 0. The Morgan fingerprint density at radius 1 is 1.67 bits per heavy atom. The number of hydrogen-bond acceptors (Lipinski definition) is 3. The fourth-order valence-corrected chi connectivity index (χ4v) is 1.72. The Morgan fingerprint density at radius 2 is 2.47 bits per heavy atom. The first kappa shape index (κ1) is 12.7. The molecule has 0 aromatic heterocycles. The Hall–Kier alpha value is -0.320. The maximum atomic E-state index is 11.6. The van der Waals surface area contributed by atoms with E-state index in [1.807, 2.05) is 0 Å². The van der Waals surface area contributed by atoms with Gasteiger partial charge in [-0.2, -0.15) is 0 Å². The van der Waals surface area contributed by atoms with E-state index in [-0.39, 0.29) is 17.4 Å². The van der Waals surface area contributed by atoms with Crippen LogP contribution in [0.1, 0.15) is 19.3 Å². The minimum Gasteiger partial charge on any atom is -0.383 e. The zero-order valence-corrected chi connectivity index (χ0v) is 9.76. The lowest BCUT2D eigenvalue weighted by molar-refractivity contribution is -0.135. The molecule has 0 saturated carbocycles. The van der Waals surface area contributed by atoms with Crippen molar-refractivity contribution in [2.45, 2.75) is 30.7 Å². The summed E-state index contributed by atoms with van der Waals surface area (Å²) in [6.07, 6.45) is 2.62. The number of carbonyl (C=O) groups excluding carboxylic acids is 1. The van der Waals surface area contributed by atoms with E-state index >= 15 is 0 Å². The number of amides is 1. The molecule has 4 nitrogen and oxygen atoms in total. The normalized spacial score (nSPS) is 23.5. The molecule has 2 atom stereocenters. The number of alkyl halides is 1. The van der Waals surface area contributed by atoms with Crippen LogP contribution in [0.25, 0.3) is 0 Å². The molecule has 1 fully saturated rings. The number of ether oxygens (including phenoxy) is 2. The third-order valence-electron chi connectivity index (χ3n) is 2.32. The van der Waals surface area contributed by atoms with E-state index in [0.29, 0.717) is 19.8 Å². The van der Waals surface area contributed by atoms with Crippen LogP contribution in [0.2, 0.25) is 0 Å². The Kier molecular flexibility index (Phi) is 5.98. The molecular weight excluding hydrogens is 218 g/mol. The van der Waals surface area contributed by atoms with Crippen LogP contribution in [0, 0.1) is 0 Å². The first-order valence-corrected chi connectivity index (χ1v) is 5.70. The van der Waals surface area contributed by atoms with Crippen LogP contribution >= 0.6 is 11.6 Å². The number of methoxy groups -OCH3 is 1. The summed E-state index contributed by atoms with van der Waals surface area (Å²) >= 11 is 5.88. The molecule has 2 unspecified atom stereocenters. The fraction of sp³-hybridized carbons (Fsp3) is 0.900. The molecular formula is C10H18ClNO3. The molecule has 1 amide bonds. The minimum absolute atomic E-state index is 0.0588. The van der Waals surface area contributed by atoms with Crippen molar-refractivity contribution in [1.82, 2.24) is 5.32 Å². The van der Waals surface area contributed by atoms with Crippen LogP contribution in [0.15, 0.2) is 0 Å². The third-order valence-corrected chi connectivity index (χ3v) is 2.60. The van der Waals surface area contributed by atoms with Crippen LogP contribution in [-0.2, 0) is 14.3 Å². The van der Waals surface area contributed by atoms with Crippen LogP contribution < -0.4 is 5.32 Å². The zero-order chi connectivity index (χ0) is 11.1. The van der Waals surface area contributed by atoms with E-state index in [4.69, 9.17) is 21.1 Å². The monoisotopic (exact) mass is 235 g/mol. The Balaban J connectivity index is 2.16. The third kappa shape index (κ3) is 4.82. The molecule has 0 bridgehead atoms. The summed E-state index contributed by atoms with van der Waals surface area (Å²) in [5, 5.41) is 2.58. The van der Waals surface area contributed by atoms with Gasteiger partial charge in [0.05, 0.1) is 12.0 Å². The summed E-state index contributed by atoms with van der Waals surface area (Å²) < 4.78 is 10.2. The second kappa shape index (κ2) is 7.04. The highest BCUT2D eigenvalue weighted by Gasteiger charge is 2.21. The van der Waals surface area contributed by atoms with Gasteiger partial charge in [0.15, 0.2) is 0 Å². The van der Waals surface area contributed by atoms with Crippen molar-refractivity contribution in [3.05, 3.63) is 0 Å². The molecule has 0 aromatic carbocycles. The van der Waals surface area contributed by atoms with Gasteiger partial charge in [-0.05, 0) is 19.3 Å². The van der Waals surface area contributed by atoms with Gasteiger partial charge in [0.1, 0.15) is 6.10 Å². The van der Waals surface area contributed by atoms with E-state index in [0.717, 1.165) is 19.3 Å². The van der Waals surface area contributed by atoms with Crippen molar-refractivity contribution in [2.24, 2.45) is 0 Å². The van der Waals surface area contributed by atoms with E-state index in [1.54, 1.807) is 7.11 Å². The molecule has 1 N–H and O–H groups in total. The quantitative estimate of drug-likeness (QED) is 0.721. The molecule has 1 aliphatic rings. The summed E-state index contributed by atoms with van der Waals surface area (Å²) in [4.78, 5) is 11.6. The lowest BCUT2D eigenvalue weighted by Gasteiger charge is -2.22. The molecule has 0 radical (unpaired) electrons. The highest BCUT2D eigenvalue weighted by molar-refractivity contribution is 6.21. The van der Waals surface area contributed by atoms with Crippen LogP contribution in [0.3, 0.4) is 0 Å². The van der Waals surface area contributed by atoms with E-state index < -0.39 is 0 Å². The molecule has 88 valence electrons. The highest BCUT2D eigenvalue weighted by atomic mass is 35.5. The first-order valence-electron chi connectivity index (χ1n) is 5.26. The SMILES string of the molecule is COCC(Cl)CNC(=O)C1CCCCO1. The molecule has 1 saturated heterocycles. The van der Waals surface area contributed by atoms with Gasteiger partial charge in [-0.3, -0.25) is 4.79 Å². The van der Waals surface area contributed by atoms with Gasteiger partial charge in [-0.15, -0.1) is 11.6 Å². The van der Waals surface area contributed by atoms with Gasteiger partial charge in [-0.25, -0.2) is 0 Å². The summed E-state index contributed by atoms with van der Waals surface area (Å²) in [6, 6.07) is 0. The molecule has 0 spiro atoms. The Labute approximate surface area is 95.3 Å². The molecule has 0 aromatic rings. The fourth-order valence-electron chi connectivity index (χ4n) is 1.51. The number of carbonyl (C=O) groups is 1. The number of rotatable bonds is 5. The Bertz CT molecular complexity index is 195. The molecule has 5 heteroatoms. The van der Waals surface area contributed by atoms with Gasteiger partial charge >= 0.3 is 0 Å². The summed E-state index contributed by atoms with van der Waals surface area (Å²) in [7, 11) is 1.58. The van der Waals surface area contributed by atoms with Crippen LogP contribution in [0.4, 0.5) is 0 Å². The predicted molar refractivity (Wildman–Crippen MR) is 58.1 cm³/mol. The van der Waals surface area contributed by atoms with Crippen molar-refractivity contribution >= 4 is 17.5 Å². The van der Waals surface area contributed by atoms with E-state index in [2.05, 4.69) is 5.32 Å². The topological polar surface area (TPSA) is 47.6 Å². The minimum atomic E-state index is -0.287. The van der Waals surface area contributed by atoms with Crippen LogP contribution in [0.5, 0.6) is 0 Å².